The molecule has 0 saturated heterocycles. The van der Waals surface area contributed by atoms with Crippen LogP contribution in [0.3, 0.4) is 0 Å². The van der Waals surface area contributed by atoms with Gasteiger partial charge in [0.15, 0.2) is 6.10 Å². The lowest BCUT2D eigenvalue weighted by molar-refractivity contribution is 0.0286. The Morgan fingerprint density at radius 2 is 2.19 bits per heavy atom. The van der Waals surface area contributed by atoms with Gasteiger partial charge in [-0.25, -0.2) is 9.18 Å². The highest BCUT2D eigenvalue weighted by Crippen LogP contribution is 2.37. The quantitative estimate of drug-likeness (QED) is 0.404. The predicted octanol–water partition coefficient (Wildman–Crippen LogP) is 5.72. The molecule has 0 spiro atoms. The first-order valence-corrected chi connectivity index (χ1v) is 9.56. The van der Waals surface area contributed by atoms with Crippen LogP contribution in [0, 0.1) is 5.82 Å². The second-order valence-electron chi connectivity index (χ2n) is 5.36. The van der Waals surface area contributed by atoms with E-state index in [1.807, 2.05) is 17.5 Å². The van der Waals surface area contributed by atoms with Gasteiger partial charge in [0.25, 0.3) is 11.8 Å². The maximum absolute atomic E-state index is 13.3. The number of rotatable bonds is 4. The van der Waals surface area contributed by atoms with Crippen LogP contribution in [-0.2, 0) is 4.74 Å². The Hall–Kier alpha value is -2.29. The van der Waals surface area contributed by atoms with Crippen LogP contribution in [0.4, 0.5) is 4.39 Å². The van der Waals surface area contributed by atoms with Gasteiger partial charge in [0.2, 0.25) is 0 Å². The molecule has 0 fully saturated rings. The van der Waals surface area contributed by atoms with Gasteiger partial charge in [0, 0.05) is 10.1 Å². The number of benzene rings is 1. The number of carbonyl (C=O) groups is 1. The summed E-state index contributed by atoms with van der Waals surface area (Å²) in [7, 11) is 0. The number of fused-ring (bicyclic) bond motifs is 1. The number of nitrogens with zero attached hydrogens (tertiary/aromatic N) is 2. The van der Waals surface area contributed by atoms with Crippen LogP contribution in [0.5, 0.6) is 0 Å². The average Bonchev–Trinajstić information content (AvgIpc) is 3.34. The van der Waals surface area contributed by atoms with E-state index in [0.717, 1.165) is 16.2 Å². The fourth-order valence-corrected chi connectivity index (χ4v) is 4.39. The molecule has 4 rings (SSSR count). The Labute approximate surface area is 160 Å². The van der Waals surface area contributed by atoms with Crippen LogP contribution >= 0.6 is 34.3 Å². The van der Waals surface area contributed by atoms with E-state index >= 15 is 0 Å². The Morgan fingerprint density at radius 1 is 1.35 bits per heavy atom. The summed E-state index contributed by atoms with van der Waals surface area (Å²) < 4.78 is 24.9. The van der Waals surface area contributed by atoms with Crippen LogP contribution in [0.2, 0.25) is 5.02 Å². The van der Waals surface area contributed by atoms with Gasteiger partial charge in [-0.2, -0.15) is 0 Å². The molecule has 0 saturated carbocycles. The van der Waals surface area contributed by atoms with E-state index in [4.69, 9.17) is 20.8 Å². The van der Waals surface area contributed by atoms with Crippen LogP contribution in [0.1, 0.15) is 28.6 Å². The van der Waals surface area contributed by atoms with E-state index in [1.165, 1.54) is 29.5 Å². The molecule has 9 heteroatoms. The van der Waals surface area contributed by atoms with Crippen LogP contribution in [0.25, 0.3) is 20.9 Å². The van der Waals surface area contributed by atoms with E-state index in [-0.39, 0.29) is 15.8 Å². The monoisotopic (exact) mass is 408 g/mol. The molecule has 4 aromatic rings. The molecule has 0 aliphatic carbocycles. The standard InChI is InChI=1S/C17H10ClFN2O3S2/c1-8(15-20-21-16(24-15)11-3-2-6-25-11)23-17(22)14-13(18)10-5-4-9(19)7-12(10)26-14/h2-8H,1H3. The Bertz CT molecular complexity index is 1090. The highest BCUT2D eigenvalue weighted by atomic mass is 35.5. The lowest BCUT2D eigenvalue weighted by atomic mass is 10.2. The number of hydrogen-bond donors (Lipinski definition) is 0. The van der Waals surface area contributed by atoms with E-state index in [0.29, 0.717) is 16.0 Å². The zero-order chi connectivity index (χ0) is 18.3. The molecule has 132 valence electrons. The van der Waals surface area contributed by atoms with Crippen LogP contribution in [-0.4, -0.2) is 16.2 Å². The lowest BCUT2D eigenvalue weighted by Gasteiger charge is -2.08. The number of halogens is 2. The van der Waals surface area contributed by atoms with Crippen molar-refractivity contribution >= 4 is 50.3 Å². The third kappa shape index (κ3) is 3.11. The number of carbonyl (C=O) groups excluding carboxylic acids is 1. The van der Waals surface area contributed by atoms with E-state index < -0.39 is 17.9 Å². The summed E-state index contributed by atoms with van der Waals surface area (Å²) in [5.74, 6) is -0.464. The number of aromatic nitrogens is 2. The fourth-order valence-electron chi connectivity index (χ4n) is 2.33. The first kappa shape index (κ1) is 17.1. The zero-order valence-electron chi connectivity index (χ0n) is 13.2. The molecule has 0 radical (unpaired) electrons. The summed E-state index contributed by atoms with van der Waals surface area (Å²) in [4.78, 5) is 13.5. The highest BCUT2D eigenvalue weighted by Gasteiger charge is 2.24. The zero-order valence-corrected chi connectivity index (χ0v) is 15.6. The molecular formula is C17H10ClFN2O3S2. The van der Waals surface area contributed by atoms with Gasteiger partial charge < -0.3 is 9.15 Å². The molecule has 3 aromatic heterocycles. The third-order valence-electron chi connectivity index (χ3n) is 3.58. The van der Waals surface area contributed by atoms with Crippen molar-refractivity contribution in [2.24, 2.45) is 0 Å². The highest BCUT2D eigenvalue weighted by molar-refractivity contribution is 7.21. The number of hydrogen-bond acceptors (Lipinski definition) is 7. The molecule has 0 amide bonds. The second kappa shape index (κ2) is 6.79. The molecule has 0 bridgehead atoms. The maximum atomic E-state index is 13.3. The fraction of sp³-hybridized carbons (Fsp3) is 0.118. The third-order valence-corrected chi connectivity index (χ3v) is 6.08. The Morgan fingerprint density at radius 3 is 2.96 bits per heavy atom. The Kier molecular flexibility index (Phi) is 4.47. The van der Waals surface area contributed by atoms with Gasteiger partial charge in [-0.15, -0.1) is 32.9 Å². The van der Waals surface area contributed by atoms with Crippen molar-refractivity contribution in [3.8, 4) is 10.8 Å². The van der Waals surface area contributed by atoms with Crippen molar-refractivity contribution in [2.45, 2.75) is 13.0 Å². The minimum Gasteiger partial charge on any atom is -0.448 e. The normalized spacial score (nSPS) is 12.4. The number of ether oxygens (including phenoxy) is 1. The first-order valence-electron chi connectivity index (χ1n) is 7.48. The summed E-state index contributed by atoms with van der Waals surface area (Å²) >= 11 is 8.78. The topological polar surface area (TPSA) is 65.2 Å². The van der Waals surface area contributed by atoms with Gasteiger partial charge in [-0.05, 0) is 36.6 Å². The first-order chi connectivity index (χ1) is 12.5. The molecule has 0 aliphatic heterocycles. The van der Waals surface area contributed by atoms with Gasteiger partial charge >= 0.3 is 5.97 Å². The number of thiophene rings is 2. The average molecular weight is 409 g/mol. The summed E-state index contributed by atoms with van der Waals surface area (Å²) in [6.45, 7) is 1.63. The smallest absolute Gasteiger partial charge is 0.350 e. The summed E-state index contributed by atoms with van der Waals surface area (Å²) in [5, 5.41) is 10.6. The molecule has 1 aromatic carbocycles. The molecule has 26 heavy (non-hydrogen) atoms. The number of esters is 1. The van der Waals surface area contributed by atoms with Crippen molar-refractivity contribution in [2.75, 3.05) is 0 Å². The Balaban J connectivity index is 1.55. The van der Waals surface area contributed by atoms with E-state index in [1.54, 1.807) is 6.92 Å². The molecule has 1 unspecified atom stereocenters. The van der Waals surface area contributed by atoms with Crippen LogP contribution < -0.4 is 0 Å². The van der Waals surface area contributed by atoms with Crippen LogP contribution in [0.15, 0.2) is 40.1 Å². The van der Waals surface area contributed by atoms with Gasteiger partial charge in [0.1, 0.15) is 10.7 Å². The molecule has 0 aliphatic rings. The van der Waals surface area contributed by atoms with Gasteiger partial charge in [-0.3, -0.25) is 0 Å². The SMILES string of the molecule is CC(OC(=O)c1sc2cc(F)ccc2c1Cl)c1nnc(-c2cccs2)o1. The van der Waals surface area contributed by atoms with E-state index in [9.17, 15) is 9.18 Å². The molecule has 3 heterocycles. The molecule has 5 nitrogen and oxygen atoms in total. The molecule has 0 N–H and O–H groups in total. The van der Waals surface area contributed by atoms with E-state index in [2.05, 4.69) is 10.2 Å². The van der Waals surface area contributed by atoms with Gasteiger partial charge in [-0.1, -0.05) is 17.7 Å². The lowest BCUT2D eigenvalue weighted by Crippen LogP contribution is -2.08. The maximum Gasteiger partial charge on any atom is 0.350 e. The van der Waals surface area contributed by atoms with Crippen molar-refractivity contribution in [3.63, 3.8) is 0 Å². The minimum absolute atomic E-state index is 0.185. The predicted molar refractivity (Wildman–Crippen MR) is 98.2 cm³/mol. The minimum atomic E-state index is -0.748. The van der Waals surface area contributed by atoms with Crippen molar-refractivity contribution in [1.82, 2.24) is 10.2 Å². The van der Waals surface area contributed by atoms with Crippen molar-refractivity contribution in [1.29, 1.82) is 0 Å². The van der Waals surface area contributed by atoms with Crippen molar-refractivity contribution < 1.29 is 18.3 Å². The molecular weight excluding hydrogens is 399 g/mol. The molecule has 1 atom stereocenters. The summed E-state index contributed by atoms with van der Waals surface area (Å²) in [6.07, 6.45) is -0.748. The van der Waals surface area contributed by atoms with Crippen molar-refractivity contribution in [3.05, 3.63) is 57.3 Å². The van der Waals surface area contributed by atoms with Gasteiger partial charge in [0.05, 0.1) is 9.90 Å². The summed E-state index contributed by atoms with van der Waals surface area (Å²) in [5.41, 5.74) is 0. The summed E-state index contributed by atoms with van der Waals surface area (Å²) in [6, 6.07) is 7.89. The second-order valence-corrected chi connectivity index (χ2v) is 7.73. The largest absolute Gasteiger partial charge is 0.448 e.